The maximum Gasteiger partial charge on any atom is 0.317 e. The Hall–Kier alpha value is -1.26. The summed E-state index contributed by atoms with van der Waals surface area (Å²) in [6.07, 6.45) is 6.15. The molecule has 5 heteroatoms. The van der Waals surface area contributed by atoms with Crippen molar-refractivity contribution in [1.29, 1.82) is 0 Å². The number of carbonyl (C=O) groups is 2. The summed E-state index contributed by atoms with van der Waals surface area (Å²) in [4.78, 5) is 24.5. The van der Waals surface area contributed by atoms with Crippen LogP contribution in [0.25, 0.3) is 0 Å². The molecule has 1 spiro atoms. The van der Waals surface area contributed by atoms with Crippen molar-refractivity contribution in [2.24, 2.45) is 11.3 Å². The summed E-state index contributed by atoms with van der Waals surface area (Å²) in [6, 6.07) is -0.105. The Bertz CT molecular complexity index is 337. The Morgan fingerprint density at radius 2 is 2.00 bits per heavy atom. The Labute approximate surface area is 108 Å². The van der Waals surface area contributed by atoms with Crippen LogP contribution in [0.2, 0.25) is 0 Å². The average molecular weight is 254 g/mol. The van der Waals surface area contributed by atoms with Crippen molar-refractivity contribution in [2.75, 3.05) is 19.6 Å². The van der Waals surface area contributed by atoms with Crippen molar-refractivity contribution >= 4 is 12.0 Å². The van der Waals surface area contributed by atoms with Gasteiger partial charge in [-0.05, 0) is 24.7 Å². The van der Waals surface area contributed by atoms with Gasteiger partial charge >= 0.3 is 12.0 Å². The quantitative estimate of drug-likeness (QED) is 0.805. The molecule has 1 heterocycles. The van der Waals surface area contributed by atoms with Crippen molar-refractivity contribution < 1.29 is 14.7 Å². The van der Waals surface area contributed by atoms with Crippen molar-refractivity contribution in [3.63, 3.8) is 0 Å². The third-order valence-corrected chi connectivity index (χ3v) is 4.37. The molecule has 2 amide bonds. The van der Waals surface area contributed by atoms with Crippen LogP contribution in [0.15, 0.2) is 0 Å². The fourth-order valence-corrected chi connectivity index (χ4v) is 3.08. The van der Waals surface area contributed by atoms with E-state index in [0.29, 0.717) is 5.41 Å². The van der Waals surface area contributed by atoms with E-state index in [2.05, 4.69) is 5.32 Å². The highest BCUT2D eigenvalue weighted by atomic mass is 16.4. The maximum absolute atomic E-state index is 11.9. The second-order valence-corrected chi connectivity index (χ2v) is 5.80. The topological polar surface area (TPSA) is 69.6 Å². The van der Waals surface area contributed by atoms with Gasteiger partial charge in [-0.1, -0.05) is 19.8 Å². The van der Waals surface area contributed by atoms with Gasteiger partial charge in [-0.2, -0.15) is 0 Å². The molecule has 0 aromatic rings. The number of nitrogens with one attached hydrogen (secondary N) is 1. The van der Waals surface area contributed by atoms with Gasteiger partial charge in [0, 0.05) is 19.6 Å². The molecule has 1 aliphatic heterocycles. The van der Waals surface area contributed by atoms with E-state index in [-0.39, 0.29) is 12.6 Å². The zero-order valence-electron chi connectivity index (χ0n) is 10.9. The molecule has 0 aromatic carbocycles. The lowest BCUT2D eigenvalue weighted by molar-refractivity contribution is -0.140. The fourth-order valence-electron chi connectivity index (χ4n) is 3.08. The van der Waals surface area contributed by atoms with Crippen molar-refractivity contribution in [1.82, 2.24) is 10.2 Å². The number of likely N-dealkylation sites (tertiary alicyclic amines) is 1. The van der Waals surface area contributed by atoms with E-state index in [9.17, 15) is 9.59 Å². The summed E-state index contributed by atoms with van der Waals surface area (Å²) < 4.78 is 0. The van der Waals surface area contributed by atoms with Crippen molar-refractivity contribution in [3.8, 4) is 0 Å². The van der Waals surface area contributed by atoms with Gasteiger partial charge in [-0.15, -0.1) is 0 Å². The molecule has 0 aromatic heterocycles. The molecule has 2 rings (SSSR count). The van der Waals surface area contributed by atoms with Crippen LogP contribution in [-0.2, 0) is 4.79 Å². The summed E-state index contributed by atoms with van der Waals surface area (Å²) in [5, 5.41) is 11.5. The van der Waals surface area contributed by atoms with Crippen LogP contribution >= 0.6 is 0 Å². The third-order valence-electron chi connectivity index (χ3n) is 4.37. The third kappa shape index (κ3) is 2.76. The van der Waals surface area contributed by atoms with E-state index in [4.69, 9.17) is 5.11 Å². The van der Waals surface area contributed by atoms with Crippen LogP contribution in [0.4, 0.5) is 4.79 Å². The van der Waals surface area contributed by atoms with Crippen LogP contribution in [0.3, 0.4) is 0 Å². The molecule has 1 saturated carbocycles. The number of urea groups is 1. The van der Waals surface area contributed by atoms with Crippen LogP contribution in [0.5, 0.6) is 0 Å². The molecular formula is C13H22N2O3. The lowest BCUT2D eigenvalue weighted by Crippen LogP contribution is -2.42. The van der Waals surface area contributed by atoms with Crippen LogP contribution in [0.1, 0.15) is 39.0 Å². The summed E-state index contributed by atoms with van der Waals surface area (Å²) in [7, 11) is 0. The molecule has 102 valence electrons. The van der Waals surface area contributed by atoms with E-state index in [0.717, 1.165) is 19.5 Å². The Kier molecular flexibility index (Phi) is 3.78. The predicted octanol–water partition coefficient (Wildman–Crippen LogP) is 1.68. The molecule has 1 atom stereocenters. The number of hydrogen-bond acceptors (Lipinski definition) is 2. The van der Waals surface area contributed by atoms with Crippen LogP contribution in [-0.4, -0.2) is 41.6 Å². The number of rotatable bonds is 3. The molecule has 2 aliphatic rings. The molecule has 0 bridgehead atoms. The Balaban J connectivity index is 1.79. The first-order valence-corrected chi connectivity index (χ1v) is 6.78. The smallest absolute Gasteiger partial charge is 0.317 e. The first kappa shape index (κ1) is 13.2. The number of nitrogens with zero attached hydrogens (tertiary/aromatic N) is 1. The van der Waals surface area contributed by atoms with E-state index in [1.54, 1.807) is 6.92 Å². The zero-order valence-corrected chi connectivity index (χ0v) is 10.9. The molecule has 1 aliphatic carbocycles. The van der Waals surface area contributed by atoms with Gasteiger partial charge in [0.2, 0.25) is 0 Å². The lowest BCUT2D eigenvalue weighted by Gasteiger charge is -2.23. The highest BCUT2D eigenvalue weighted by Crippen LogP contribution is 2.45. The highest BCUT2D eigenvalue weighted by molar-refractivity contribution is 5.76. The SMILES string of the molecule is CC(CNC(=O)N1CCC2(CCCC2)C1)C(=O)O. The minimum Gasteiger partial charge on any atom is -0.481 e. The molecule has 0 radical (unpaired) electrons. The maximum atomic E-state index is 11.9. The molecule has 18 heavy (non-hydrogen) atoms. The number of carbonyl (C=O) groups excluding carboxylic acids is 1. The van der Waals surface area contributed by atoms with E-state index in [1.165, 1.54) is 25.7 Å². The molecule has 2 N–H and O–H groups in total. The second kappa shape index (κ2) is 5.16. The highest BCUT2D eigenvalue weighted by Gasteiger charge is 2.41. The number of amides is 2. The summed E-state index contributed by atoms with van der Waals surface area (Å²) in [6.45, 7) is 3.47. The lowest BCUT2D eigenvalue weighted by atomic mass is 9.86. The Morgan fingerprint density at radius 3 is 2.61 bits per heavy atom. The molecule has 2 fully saturated rings. The van der Waals surface area contributed by atoms with Gasteiger partial charge in [0.15, 0.2) is 0 Å². The number of carboxylic acid groups (broad SMARTS) is 1. The van der Waals surface area contributed by atoms with E-state index in [1.807, 2.05) is 4.90 Å². The zero-order chi connectivity index (χ0) is 13.2. The van der Waals surface area contributed by atoms with Gasteiger partial charge in [-0.25, -0.2) is 4.79 Å². The molecule has 5 nitrogen and oxygen atoms in total. The normalized spacial score (nSPS) is 23.3. The molecule has 1 saturated heterocycles. The minimum atomic E-state index is -0.871. The minimum absolute atomic E-state index is 0.105. The summed E-state index contributed by atoms with van der Waals surface area (Å²) in [5.74, 6) is -1.40. The first-order valence-electron chi connectivity index (χ1n) is 6.78. The van der Waals surface area contributed by atoms with Crippen LogP contribution in [0, 0.1) is 11.3 Å². The van der Waals surface area contributed by atoms with Crippen molar-refractivity contribution in [2.45, 2.75) is 39.0 Å². The van der Waals surface area contributed by atoms with Crippen LogP contribution < -0.4 is 5.32 Å². The van der Waals surface area contributed by atoms with E-state index >= 15 is 0 Å². The Morgan fingerprint density at radius 1 is 1.33 bits per heavy atom. The molecular weight excluding hydrogens is 232 g/mol. The van der Waals surface area contributed by atoms with Gasteiger partial charge in [0.05, 0.1) is 5.92 Å². The fraction of sp³-hybridized carbons (Fsp3) is 0.846. The molecule has 1 unspecified atom stereocenters. The van der Waals surface area contributed by atoms with Gasteiger partial charge in [0.25, 0.3) is 0 Å². The first-order chi connectivity index (χ1) is 8.52. The number of aliphatic carboxylic acids is 1. The number of carboxylic acids is 1. The standard InChI is InChI=1S/C13H22N2O3/c1-10(11(16)17)8-14-12(18)15-7-6-13(9-15)4-2-3-5-13/h10H,2-9H2,1H3,(H,14,18)(H,16,17). The number of hydrogen-bond donors (Lipinski definition) is 2. The largest absolute Gasteiger partial charge is 0.481 e. The second-order valence-electron chi connectivity index (χ2n) is 5.80. The van der Waals surface area contributed by atoms with Gasteiger partial charge in [-0.3, -0.25) is 4.79 Å². The predicted molar refractivity (Wildman–Crippen MR) is 67.3 cm³/mol. The van der Waals surface area contributed by atoms with Crippen molar-refractivity contribution in [3.05, 3.63) is 0 Å². The summed E-state index contributed by atoms with van der Waals surface area (Å²) >= 11 is 0. The van der Waals surface area contributed by atoms with Gasteiger partial charge in [0.1, 0.15) is 0 Å². The van der Waals surface area contributed by atoms with Gasteiger partial charge < -0.3 is 15.3 Å². The summed E-state index contributed by atoms with van der Waals surface area (Å²) in [5.41, 5.74) is 0.371. The van der Waals surface area contributed by atoms with E-state index < -0.39 is 11.9 Å². The average Bonchev–Trinajstić information content (AvgIpc) is 2.97. The monoisotopic (exact) mass is 254 g/mol.